The van der Waals surface area contributed by atoms with Crippen molar-refractivity contribution in [2.45, 2.75) is 70.5 Å². The van der Waals surface area contributed by atoms with Crippen LogP contribution in [0.5, 0.6) is 0 Å². The third kappa shape index (κ3) is 6.26. The van der Waals surface area contributed by atoms with Gasteiger partial charge in [0.1, 0.15) is 11.5 Å². The van der Waals surface area contributed by atoms with E-state index in [2.05, 4.69) is 5.32 Å². The zero-order chi connectivity index (χ0) is 25.0. The number of hydrogen-bond donors (Lipinski definition) is 2. The topological polar surface area (TPSA) is 69.6 Å². The summed E-state index contributed by atoms with van der Waals surface area (Å²) in [6.07, 6.45) is 1.88. The molecule has 1 heterocycles. The van der Waals surface area contributed by atoms with Crippen molar-refractivity contribution in [3.05, 3.63) is 58.4 Å². The Hall–Kier alpha value is -2.67. The molecule has 1 aliphatic heterocycles. The molecule has 2 N–H and O–H groups in total. The quantitative estimate of drug-likeness (QED) is 0.428. The second-order valence-corrected chi connectivity index (χ2v) is 9.79. The van der Waals surface area contributed by atoms with Gasteiger partial charge in [0.05, 0.1) is 30.3 Å². The van der Waals surface area contributed by atoms with E-state index >= 15 is 0 Å². The number of carbonyl (C=O) groups is 2. The highest BCUT2D eigenvalue weighted by molar-refractivity contribution is 6.30. The maximum Gasteiger partial charge on any atom is 0.303 e. The van der Waals surface area contributed by atoms with E-state index < -0.39 is 23.4 Å². The van der Waals surface area contributed by atoms with Gasteiger partial charge in [-0.05, 0) is 74.4 Å². The van der Waals surface area contributed by atoms with E-state index in [0.29, 0.717) is 30.8 Å². The number of nitrogens with one attached hydrogen (secondary N) is 1. The Morgan fingerprint density at radius 1 is 1.26 bits per heavy atom. The van der Waals surface area contributed by atoms with Crippen molar-refractivity contribution in [1.82, 2.24) is 0 Å². The third-order valence-corrected chi connectivity index (χ3v) is 6.64. The third-order valence-electron chi connectivity index (χ3n) is 6.40. The molecule has 1 amide bonds. The number of aliphatic carboxylic acids is 1. The first-order chi connectivity index (χ1) is 16.0. The summed E-state index contributed by atoms with van der Waals surface area (Å²) in [6.45, 7) is 5.64. The van der Waals surface area contributed by atoms with E-state index in [1.54, 1.807) is 19.9 Å². The largest absolute Gasteiger partial charge is 0.481 e. The van der Waals surface area contributed by atoms with Gasteiger partial charge in [-0.25, -0.2) is 8.78 Å². The lowest BCUT2D eigenvalue weighted by molar-refractivity contribution is -0.137. The Morgan fingerprint density at radius 3 is 2.62 bits per heavy atom. The lowest BCUT2D eigenvalue weighted by Gasteiger charge is -2.35. The lowest BCUT2D eigenvalue weighted by atomic mass is 9.92. The molecule has 2 aromatic rings. The highest BCUT2D eigenvalue weighted by Gasteiger charge is 2.38. The van der Waals surface area contributed by atoms with Crippen molar-refractivity contribution in [3.63, 3.8) is 0 Å². The number of carboxylic acids is 1. The molecule has 0 unspecified atom stereocenters. The van der Waals surface area contributed by atoms with E-state index in [0.717, 1.165) is 18.1 Å². The normalized spacial score (nSPS) is 17.0. The van der Waals surface area contributed by atoms with Gasteiger partial charge in [-0.15, -0.1) is 0 Å². The summed E-state index contributed by atoms with van der Waals surface area (Å²) >= 11 is 5.81. The molecule has 1 aliphatic rings. The maximum atomic E-state index is 14.9. The second-order valence-electron chi connectivity index (χ2n) is 9.36. The van der Waals surface area contributed by atoms with E-state index in [9.17, 15) is 23.5 Å². The van der Waals surface area contributed by atoms with Gasteiger partial charge in [-0.3, -0.25) is 9.59 Å². The summed E-state index contributed by atoms with van der Waals surface area (Å²) in [4.78, 5) is 26.2. The zero-order valence-electron chi connectivity index (χ0n) is 19.7. The first kappa shape index (κ1) is 25.9. The molecule has 5 nitrogen and oxygen atoms in total. The number of amides is 1. The first-order valence-electron chi connectivity index (χ1n) is 11.5. The molecule has 0 aliphatic carbocycles. The van der Waals surface area contributed by atoms with Crippen LogP contribution in [-0.4, -0.2) is 35.2 Å². The average molecular weight is 493 g/mol. The number of anilines is 2. The smallest absolute Gasteiger partial charge is 0.303 e. The van der Waals surface area contributed by atoms with Crippen molar-refractivity contribution in [1.29, 1.82) is 0 Å². The van der Waals surface area contributed by atoms with E-state index in [1.807, 2.05) is 24.0 Å². The molecule has 2 atom stereocenters. The van der Waals surface area contributed by atoms with Crippen molar-refractivity contribution < 1.29 is 23.5 Å². The molecule has 2 aromatic carbocycles. The lowest BCUT2D eigenvalue weighted by Crippen LogP contribution is -2.43. The monoisotopic (exact) mass is 492 g/mol. The van der Waals surface area contributed by atoms with Crippen LogP contribution in [0.15, 0.2) is 36.4 Å². The number of nitrogens with zero attached hydrogens (tertiary/aromatic N) is 1. The fraction of sp³-hybridized carbons (Fsp3) is 0.462. The van der Waals surface area contributed by atoms with Crippen LogP contribution in [0.2, 0.25) is 5.02 Å². The number of alkyl halides is 1. The number of carboxylic acid groups (broad SMARTS) is 1. The Balaban J connectivity index is 1.95. The van der Waals surface area contributed by atoms with Crippen LogP contribution in [0.3, 0.4) is 0 Å². The van der Waals surface area contributed by atoms with Gasteiger partial charge < -0.3 is 15.3 Å². The maximum absolute atomic E-state index is 14.9. The summed E-state index contributed by atoms with van der Waals surface area (Å²) < 4.78 is 29.2. The number of benzene rings is 2. The number of halogens is 3. The molecule has 0 saturated carbocycles. The summed E-state index contributed by atoms with van der Waals surface area (Å²) in [6, 6.07) is 9.23. The van der Waals surface area contributed by atoms with E-state index in [-0.39, 0.29) is 35.4 Å². The molecule has 0 spiro atoms. The molecule has 0 radical (unpaired) electrons. The van der Waals surface area contributed by atoms with Crippen LogP contribution in [0.1, 0.15) is 63.5 Å². The number of carbonyl (C=O) groups excluding carboxylic acids is 1. The molecule has 8 heteroatoms. The van der Waals surface area contributed by atoms with Gasteiger partial charge in [-0.1, -0.05) is 30.7 Å². The average Bonchev–Trinajstić information content (AvgIpc) is 3.24. The van der Waals surface area contributed by atoms with Gasteiger partial charge in [0.25, 0.3) is 0 Å². The molecule has 184 valence electrons. The van der Waals surface area contributed by atoms with Gasteiger partial charge >= 0.3 is 5.97 Å². The number of rotatable bonds is 9. The molecule has 34 heavy (non-hydrogen) atoms. The fourth-order valence-corrected chi connectivity index (χ4v) is 4.83. The molecular weight excluding hydrogens is 462 g/mol. The van der Waals surface area contributed by atoms with Crippen LogP contribution in [0.4, 0.5) is 20.2 Å². The Kier molecular flexibility index (Phi) is 8.18. The van der Waals surface area contributed by atoms with Crippen LogP contribution in [-0.2, 0) is 16.0 Å². The van der Waals surface area contributed by atoms with Crippen LogP contribution in [0.25, 0.3) is 0 Å². The van der Waals surface area contributed by atoms with Crippen molar-refractivity contribution in [2.24, 2.45) is 0 Å². The molecule has 0 aromatic heterocycles. The van der Waals surface area contributed by atoms with Crippen LogP contribution >= 0.6 is 11.6 Å². The molecule has 1 fully saturated rings. The fourth-order valence-electron chi connectivity index (χ4n) is 4.67. The minimum absolute atomic E-state index is 0.0386. The SMILES string of the molecule is CC[C@H](CC(=O)O)c1ccc(N2CCC[C@H]2C(C)(C)F)c(NC(=O)Cc2ccc(Cl)cc2F)c1. The predicted molar refractivity (Wildman–Crippen MR) is 131 cm³/mol. The van der Waals surface area contributed by atoms with Crippen molar-refractivity contribution in [2.75, 3.05) is 16.8 Å². The van der Waals surface area contributed by atoms with Crippen LogP contribution in [0, 0.1) is 5.82 Å². The van der Waals surface area contributed by atoms with Crippen LogP contribution < -0.4 is 10.2 Å². The summed E-state index contributed by atoms with van der Waals surface area (Å²) in [5, 5.41) is 12.4. The highest BCUT2D eigenvalue weighted by Crippen LogP contribution is 2.39. The highest BCUT2D eigenvalue weighted by atomic mass is 35.5. The molecule has 1 saturated heterocycles. The molecule has 3 rings (SSSR count). The van der Waals surface area contributed by atoms with E-state index in [4.69, 9.17) is 11.6 Å². The van der Waals surface area contributed by atoms with Gasteiger partial charge in [0.15, 0.2) is 0 Å². The molecular formula is C26H31ClF2N2O3. The summed E-state index contributed by atoms with van der Waals surface area (Å²) in [7, 11) is 0. The van der Waals surface area contributed by atoms with Gasteiger partial charge in [-0.2, -0.15) is 0 Å². The van der Waals surface area contributed by atoms with Crippen molar-refractivity contribution in [3.8, 4) is 0 Å². The minimum atomic E-state index is -1.45. The Bertz CT molecular complexity index is 1050. The Morgan fingerprint density at radius 2 is 2.00 bits per heavy atom. The van der Waals surface area contributed by atoms with Crippen molar-refractivity contribution >= 4 is 34.9 Å². The minimum Gasteiger partial charge on any atom is -0.481 e. The molecule has 0 bridgehead atoms. The number of hydrogen-bond acceptors (Lipinski definition) is 3. The van der Waals surface area contributed by atoms with Gasteiger partial charge in [0, 0.05) is 11.6 Å². The second kappa shape index (κ2) is 10.7. The standard InChI is InChI=1S/C26H31ClF2N2O3/c1-4-16(14-25(33)34)17-8-10-22(31-11-5-6-23(31)26(2,3)29)21(12-17)30-24(32)13-18-7-9-19(27)15-20(18)28/h7-10,12,15-16,23H,4-6,11,13-14H2,1-3H3,(H,30,32)(H,33,34)/t16-,23+/m1/s1. The van der Waals surface area contributed by atoms with E-state index in [1.165, 1.54) is 12.1 Å². The predicted octanol–water partition coefficient (Wildman–Crippen LogP) is 6.35. The van der Waals surface area contributed by atoms with Gasteiger partial charge in [0.2, 0.25) is 5.91 Å². The summed E-state index contributed by atoms with van der Waals surface area (Å²) in [5.41, 5.74) is 0.680. The zero-order valence-corrected chi connectivity index (χ0v) is 20.5. The summed E-state index contributed by atoms with van der Waals surface area (Å²) in [5.74, 6) is -2.13. The first-order valence-corrected chi connectivity index (χ1v) is 11.9. The Labute approximate surface area is 204 Å².